The smallest absolute Gasteiger partial charge is 0.111 e. The maximum atomic E-state index is 8.96. The van der Waals surface area contributed by atoms with Crippen molar-refractivity contribution in [2.75, 3.05) is 13.2 Å². The zero-order valence-electron chi connectivity index (χ0n) is 13.7. The van der Waals surface area contributed by atoms with Crippen molar-refractivity contribution in [2.45, 2.75) is 24.4 Å². The van der Waals surface area contributed by atoms with Gasteiger partial charge in [-0.05, 0) is 10.6 Å². The summed E-state index contributed by atoms with van der Waals surface area (Å²) in [6.45, 7) is -1.45. The van der Waals surface area contributed by atoms with Crippen LogP contribution >= 0.6 is 8.58 Å². The molecule has 0 aromatic heterocycles. The number of rotatable bonds is 7. The van der Waals surface area contributed by atoms with Gasteiger partial charge >= 0.3 is 0 Å². The molecule has 6 N–H and O–H groups in total. The molecule has 6 nitrogen and oxygen atoms in total. The van der Waals surface area contributed by atoms with Crippen LogP contribution in [0, 0.1) is 0 Å². The van der Waals surface area contributed by atoms with Gasteiger partial charge in [-0.3, -0.25) is 0 Å². The van der Waals surface area contributed by atoms with Gasteiger partial charge < -0.3 is 30.6 Å². The minimum Gasteiger partial charge on any atom is -0.394 e. The van der Waals surface area contributed by atoms with Crippen molar-refractivity contribution < 1.29 is 30.6 Å². The van der Waals surface area contributed by atoms with E-state index < -0.39 is 37.6 Å². The Kier molecular flexibility index (Phi) is 10.5. The maximum Gasteiger partial charge on any atom is 0.111 e. The minimum atomic E-state index is -1.67. The van der Waals surface area contributed by atoms with E-state index in [1.54, 1.807) is 0 Å². The molecule has 25 heavy (non-hydrogen) atoms. The van der Waals surface area contributed by atoms with Crippen LogP contribution in [0.2, 0.25) is 0 Å². The topological polar surface area (TPSA) is 121 Å². The Morgan fingerprint density at radius 3 is 1.20 bits per heavy atom. The van der Waals surface area contributed by atoms with Crippen LogP contribution in [0.3, 0.4) is 0 Å². The molecule has 0 saturated carbocycles. The molecule has 0 amide bonds. The lowest BCUT2D eigenvalue weighted by Gasteiger charge is -2.24. The second-order valence-electron chi connectivity index (χ2n) is 5.34. The highest BCUT2D eigenvalue weighted by molar-refractivity contribution is 7.55. The van der Waals surface area contributed by atoms with Gasteiger partial charge in [-0.15, -0.1) is 0 Å². The second-order valence-corrected chi connectivity index (χ2v) is 6.74. The minimum absolute atomic E-state index is 0.726. The van der Waals surface area contributed by atoms with Gasteiger partial charge in [0.1, 0.15) is 24.4 Å². The third kappa shape index (κ3) is 8.03. The first-order valence-corrected chi connectivity index (χ1v) is 8.80. The molecule has 4 atom stereocenters. The first kappa shape index (κ1) is 21.7. The van der Waals surface area contributed by atoms with Gasteiger partial charge in [0.05, 0.1) is 13.2 Å². The summed E-state index contributed by atoms with van der Waals surface area (Å²) in [5.74, 6) is 0. The molecule has 0 saturated heterocycles. The van der Waals surface area contributed by atoms with Crippen LogP contribution in [-0.2, 0) is 0 Å². The number of benzene rings is 2. The fourth-order valence-corrected chi connectivity index (χ4v) is 2.93. The lowest BCUT2D eigenvalue weighted by molar-refractivity contribution is -0.123. The van der Waals surface area contributed by atoms with E-state index in [4.69, 9.17) is 30.6 Å². The molecule has 0 aliphatic carbocycles. The van der Waals surface area contributed by atoms with Crippen molar-refractivity contribution in [1.82, 2.24) is 0 Å². The van der Waals surface area contributed by atoms with Crippen molar-refractivity contribution >= 4 is 19.2 Å². The fraction of sp³-hybridized carbons (Fsp3) is 0.333. The van der Waals surface area contributed by atoms with Gasteiger partial charge in [0.25, 0.3) is 0 Å². The summed E-state index contributed by atoms with van der Waals surface area (Å²) in [4.78, 5) is 0. The van der Waals surface area contributed by atoms with Gasteiger partial charge in [0.2, 0.25) is 0 Å². The standard InChI is InChI=1S/C12H11P.C6H14O6/c1-3-7-11(8-4-1)13-12-9-5-2-6-10-12;7-1-3(9)5(11)6(12)4(10)2-8/h1-10,13H;3-12H,1-2H2. The Morgan fingerprint density at radius 2 is 0.920 bits per heavy atom. The van der Waals surface area contributed by atoms with Crippen molar-refractivity contribution in [2.24, 2.45) is 0 Å². The van der Waals surface area contributed by atoms with Crippen LogP contribution in [0.4, 0.5) is 0 Å². The summed E-state index contributed by atoms with van der Waals surface area (Å²) in [6, 6.07) is 21.2. The molecule has 0 bridgehead atoms. The molecule has 2 rings (SSSR count). The van der Waals surface area contributed by atoms with Gasteiger partial charge in [-0.2, -0.15) is 0 Å². The van der Waals surface area contributed by atoms with Crippen molar-refractivity contribution in [1.29, 1.82) is 0 Å². The highest BCUT2D eigenvalue weighted by Gasteiger charge is 2.29. The number of aliphatic hydroxyl groups is 6. The van der Waals surface area contributed by atoms with Gasteiger partial charge in [-0.1, -0.05) is 69.2 Å². The van der Waals surface area contributed by atoms with Crippen LogP contribution in [0.1, 0.15) is 0 Å². The maximum absolute atomic E-state index is 8.96. The molecule has 0 spiro atoms. The normalized spacial score (nSPS) is 15.4. The summed E-state index contributed by atoms with van der Waals surface area (Å²) < 4.78 is 0. The molecule has 0 aliphatic rings. The molecule has 0 radical (unpaired) electrons. The molecule has 2 aromatic carbocycles. The summed E-state index contributed by atoms with van der Waals surface area (Å²) in [5.41, 5.74) is 0. The Bertz CT molecular complexity index is 517. The molecular weight excluding hydrogens is 343 g/mol. The zero-order valence-corrected chi connectivity index (χ0v) is 14.7. The van der Waals surface area contributed by atoms with Crippen molar-refractivity contribution in [3.8, 4) is 0 Å². The monoisotopic (exact) mass is 368 g/mol. The SMILES string of the molecule is OCC(O)C(O)C(O)C(O)CO.c1ccc(Pc2ccccc2)cc1. The van der Waals surface area contributed by atoms with E-state index in [9.17, 15) is 0 Å². The van der Waals surface area contributed by atoms with E-state index in [0.717, 1.165) is 8.58 Å². The molecule has 0 aliphatic heterocycles. The quantitative estimate of drug-likeness (QED) is 0.339. The fourth-order valence-electron chi connectivity index (χ4n) is 1.88. The lowest BCUT2D eigenvalue weighted by Crippen LogP contribution is -2.46. The number of aliphatic hydroxyl groups excluding tert-OH is 6. The Hall–Kier alpha value is -1.37. The lowest BCUT2D eigenvalue weighted by atomic mass is 10.0. The summed E-state index contributed by atoms with van der Waals surface area (Å²) in [7, 11) is 0.777. The van der Waals surface area contributed by atoms with E-state index in [2.05, 4.69) is 60.7 Å². The molecule has 2 aromatic rings. The second kappa shape index (κ2) is 12.1. The average Bonchev–Trinajstić information content (AvgIpc) is 2.67. The Morgan fingerprint density at radius 1 is 0.600 bits per heavy atom. The predicted molar refractivity (Wildman–Crippen MR) is 98.7 cm³/mol. The third-order valence-electron chi connectivity index (χ3n) is 3.35. The van der Waals surface area contributed by atoms with Crippen LogP contribution in [0.5, 0.6) is 0 Å². The predicted octanol–water partition coefficient (Wildman–Crippen LogP) is -1.27. The van der Waals surface area contributed by atoms with Crippen molar-refractivity contribution in [3.63, 3.8) is 0 Å². The Balaban J connectivity index is 0.000000252. The molecule has 138 valence electrons. The summed E-state index contributed by atoms with van der Waals surface area (Å²) in [5, 5.41) is 55.0. The molecular formula is C18H25O6P. The van der Waals surface area contributed by atoms with E-state index in [-0.39, 0.29) is 0 Å². The average molecular weight is 368 g/mol. The molecule has 7 heteroatoms. The summed E-state index contributed by atoms with van der Waals surface area (Å²) in [6.07, 6.45) is -6.39. The van der Waals surface area contributed by atoms with E-state index in [0.29, 0.717) is 0 Å². The molecule has 0 fully saturated rings. The van der Waals surface area contributed by atoms with Crippen LogP contribution in [-0.4, -0.2) is 68.3 Å². The third-order valence-corrected chi connectivity index (χ3v) is 4.59. The number of hydrogen-bond acceptors (Lipinski definition) is 6. The van der Waals surface area contributed by atoms with Gasteiger partial charge in [0.15, 0.2) is 0 Å². The van der Waals surface area contributed by atoms with E-state index >= 15 is 0 Å². The van der Waals surface area contributed by atoms with E-state index in [1.807, 2.05) is 0 Å². The van der Waals surface area contributed by atoms with Crippen LogP contribution in [0.15, 0.2) is 60.7 Å². The van der Waals surface area contributed by atoms with E-state index in [1.165, 1.54) is 10.6 Å². The van der Waals surface area contributed by atoms with Gasteiger partial charge in [0, 0.05) is 0 Å². The Labute approximate surface area is 148 Å². The highest BCUT2D eigenvalue weighted by Crippen LogP contribution is 2.08. The largest absolute Gasteiger partial charge is 0.394 e. The molecule has 4 unspecified atom stereocenters. The first-order chi connectivity index (χ1) is 12.0. The first-order valence-electron chi connectivity index (χ1n) is 7.80. The van der Waals surface area contributed by atoms with Crippen molar-refractivity contribution in [3.05, 3.63) is 60.7 Å². The summed E-state index contributed by atoms with van der Waals surface area (Å²) >= 11 is 0. The van der Waals surface area contributed by atoms with Gasteiger partial charge in [-0.25, -0.2) is 0 Å². The van der Waals surface area contributed by atoms with Crippen LogP contribution < -0.4 is 10.6 Å². The zero-order chi connectivity index (χ0) is 18.7. The number of hydrogen-bond donors (Lipinski definition) is 6. The molecule has 0 heterocycles. The highest BCUT2D eigenvalue weighted by atomic mass is 31.1. The van der Waals surface area contributed by atoms with Crippen LogP contribution in [0.25, 0.3) is 0 Å².